The molecule has 1 unspecified atom stereocenters. The molecule has 1 aromatic carbocycles. The van der Waals surface area contributed by atoms with Crippen LogP contribution in [0.5, 0.6) is 5.88 Å². The van der Waals surface area contributed by atoms with Gasteiger partial charge in [0.2, 0.25) is 5.88 Å². The number of carbonyl (C=O) groups is 1. The molecule has 1 atom stereocenters. The summed E-state index contributed by atoms with van der Waals surface area (Å²) >= 11 is 0. The fourth-order valence-electron chi connectivity index (χ4n) is 5.18. The van der Waals surface area contributed by atoms with E-state index in [-0.39, 0.29) is 24.1 Å². The van der Waals surface area contributed by atoms with E-state index in [0.29, 0.717) is 48.6 Å². The molecule has 2 aliphatic rings. The third-order valence-electron chi connectivity index (χ3n) is 7.35. The number of aromatic nitrogens is 4. The number of allylic oxidation sites excluding steroid dienone is 2. The van der Waals surface area contributed by atoms with Gasteiger partial charge < -0.3 is 14.9 Å². The number of aliphatic hydroxyl groups is 2. The molecule has 5 rings (SSSR count). The third kappa shape index (κ3) is 6.16. The monoisotopic (exact) mass is 533 g/mol. The minimum absolute atomic E-state index is 0.0880. The Kier molecular flexibility index (Phi) is 8.60. The molecule has 11 nitrogen and oxygen atoms in total. The zero-order chi connectivity index (χ0) is 27.2. The van der Waals surface area contributed by atoms with Crippen LogP contribution in [-0.2, 0) is 4.79 Å². The fourth-order valence-corrected chi connectivity index (χ4v) is 5.18. The van der Waals surface area contributed by atoms with Gasteiger partial charge in [0, 0.05) is 64.0 Å². The van der Waals surface area contributed by atoms with Gasteiger partial charge in [-0.3, -0.25) is 24.2 Å². The van der Waals surface area contributed by atoms with Crippen molar-refractivity contribution in [3.8, 4) is 11.6 Å². The number of nitrogens with zero attached hydrogens (tertiary/aromatic N) is 7. The van der Waals surface area contributed by atoms with Crippen molar-refractivity contribution >= 4 is 23.2 Å². The molecule has 1 aliphatic heterocycles. The summed E-state index contributed by atoms with van der Waals surface area (Å²) in [5.74, 6) is 0.375. The molecule has 1 saturated heterocycles. The van der Waals surface area contributed by atoms with Gasteiger partial charge in [-0.05, 0) is 30.5 Å². The highest BCUT2D eigenvalue weighted by atomic mass is 16.5. The first-order valence-electron chi connectivity index (χ1n) is 13.5. The van der Waals surface area contributed by atoms with Crippen LogP contribution in [0.2, 0.25) is 0 Å². The number of carbonyl (C=O) groups excluding carboxylic acids is 1. The summed E-state index contributed by atoms with van der Waals surface area (Å²) in [6.07, 6.45) is 5.43. The molecule has 11 heteroatoms. The largest absolute Gasteiger partial charge is 0.511 e. The quantitative estimate of drug-likeness (QED) is 0.377. The minimum Gasteiger partial charge on any atom is -0.511 e. The number of hydrogen-bond donors (Lipinski definition) is 2. The summed E-state index contributed by atoms with van der Waals surface area (Å²) in [6, 6.07) is 7.89. The Morgan fingerprint density at radius 1 is 1.05 bits per heavy atom. The Balaban J connectivity index is 1.19. The van der Waals surface area contributed by atoms with Crippen LogP contribution in [0.3, 0.4) is 0 Å². The van der Waals surface area contributed by atoms with E-state index in [4.69, 9.17) is 9.84 Å². The van der Waals surface area contributed by atoms with E-state index in [1.807, 2.05) is 35.8 Å². The lowest BCUT2D eigenvalue weighted by molar-refractivity contribution is -0.116. The highest BCUT2D eigenvalue weighted by molar-refractivity contribution is 6.14. The van der Waals surface area contributed by atoms with Gasteiger partial charge in [-0.15, -0.1) is 0 Å². The minimum atomic E-state index is -0.0923. The van der Waals surface area contributed by atoms with Gasteiger partial charge in [0.25, 0.3) is 0 Å². The molecule has 3 aromatic rings. The smallest absolute Gasteiger partial charge is 0.245 e. The number of aliphatic hydroxyl groups excluding tert-OH is 2. The molecule has 0 radical (unpaired) electrons. The van der Waals surface area contributed by atoms with E-state index in [0.717, 1.165) is 50.5 Å². The number of Topliss-reactive ketones (excluding diaryl/α,β-unsaturated/α-hetero) is 1. The molecule has 0 spiro atoms. The van der Waals surface area contributed by atoms with Crippen LogP contribution in [0.15, 0.2) is 53.2 Å². The topological polar surface area (TPSA) is 129 Å². The second-order valence-corrected chi connectivity index (χ2v) is 9.82. The maximum atomic E-state index is 12.9. The van der Waals surface area contributed by atoms with Crippen LogP contribution < -0.4 is 4.74 Å². The molecule has 206 valence electrons. The zero-order valence-electron chi connectivity index (χ0n) is 22.2. The van der Waals surface area contributed by atoms with Crippen molar-refractivity contribution < 1.29 is 19.7 Å². The SMILES string of the molecule is CCOc1ncnc2c1ncn2-c1ccc(C2CC(=O)C(C=NCCN3CCN(CCO)CC3)=C(O)C2)cc1. The number of piperazine rings is 1. The number of ether oxygens (including phenoxy) is 1. The Labute approximate surface area is 227 Å². The van der Waals surface area contributed by atoms with Gasteiger partial charge in [-0.2, -0.15) is 4.98 Å². The number of hydrogen-bond acceptors (Lipinski definition) is 10. The Morgan fingerprint density at radius 2 is 1.79 bits per heavy atom. The molecule has 2 aromatic heterocycles. The summed E-state index contributed by atoms with van der Waals surface area (Å²) < 4.78 is 7.43. The van der Waals surface area contributed by atoms with Gasteiger partial charge in [0.05, 0.1) is 25.3 Å². The standard InChI is InChI=1S/C28H35N7O4/c1-2-39-28-26-27(30-18-31-28)35(19-32-26)22-5-3-20(4-6-22)21-15-24(37)23(25(38)16-21)17-29-7-8-33-9-11-34(12-10-33)13-14-36/h3-6,17-19,21,36-37H,2,7-16H2,1H3. The number of ketones is 1. The lowest BCUT2D eigenvalue weighted by atomic mass is 9.83. The molecular weight excluding hydrogens is 498 g/mol. The summed E-state index contributed by atoms with van der Waals surface area (Å²) in [4.78, 5) is 34.9. The molecule has 0 bridgehead atoms. The molecule has 1 fully saturated rings. The maximum Gasteiger partial charge on any atom is 0.245 e. The Hall–Kier alpha value is -3.67. The van der Waals surface area contributed by atoms with E-state index in [9.17, 15) is 9.90 Å². The lowest BCUT2D eigenvalue weighted by Gasteiger charge is -2.33. The van der Waals surface area contributed by atoms with E-state index in [2.05, 4.69) is 29.7 Å². The van der Waals surface area contributed by atoms with Crippen LogP contribution >= 0.6 is 0 Å². The van der Waals surface area contributed by atoms with Crippen molar-refractivity contribution in [2.75, 3.05) is 59.0 Å². The van der Waals surface area contributed by atoms with Gasteiger partial charge in [0.1, 0.15) is 18.4 Å². The predicted molar refractivity (Wildman–Crippen MR) is 148 cm³/mol. The molecule has 3 heterocycles. The van der Waals surface area contributed by atoms with Crippen LogP contribution in [-0.4, -0.2) is 111 Å². The molecule has 1 aliphatic carbocycles. The Bertz CT molecular complexity index is 1340. The number of rotatable bonds is 10. The summed E-state index contributed by atoms with van der Waals surface area (Å²) in [7, 11) is 0. The van der Waals surface area contributed by atoms with E-state index < -0.39 is 0 Å². The number of β-amino-alcohol motifs (C(OH)–C–C–N with tert-alkyl or cyclic N) is 1. The lowest BCUT2D eigenvalue weighted by Crippen LogP contribution is -2.47. The number of fused-ring (bicyclic) bond motifs is 1. The van der Waals surface area contributed by atoms with Crippen molar-refractivity contribution in [1.29, 1.82) is 0 Å². The average Bonchev–Trinajstić information content (AvgIpc) is 3.39. The maximum absolute atomic E-state index is 12.9. The van der Waals surface area contributed by atoms with E-state index >= 15 is 0 Å². The summed E-state index contributed by atoms with van der Waals surface area (Å²) in [6.45, 7) is 8.47. The second kappa shape index (κ2) is 12.5. The average molecular weight is 534 g/mol. The van der Waals surface area contributed by atoms with Crippen LogP contribution in [0, 0.1) is 0 Å². The first-order valence-corrected chi connectivity index (χ1v) is 13.5. The van der Waals surface area contributed by atoms with Gasteiger partial charge >= 0.3 is 0 Å². The first kappa shape index (κ1) is 26.9. The van der Waals surface area contributed by atoms with Crippen molar-refractivity contribution in [3.63, 3.8) is 0 Å². The fraction of sp³-hybridized carbons (Fsp3) is 0.464. The third-order valence-corrected chi connectivity index (χ3v) is 7.35. The predicted octanol–water partition coefficient (Wildman–Crippen LogP) is 2.15. The highest BCUT2D eigenvalue weighted by Gasteiger charge is 2.28. The summed E-state index contributed by atoms with van der Waals surface area (Å²) in [5.41, 5.74) is 3.45. The molecule has 0 saturated carbocycles. The van der Waals surface area contributed by atoms with Crippen molar-refractivity contribution in [1.82, 2.24) is 29.3 Å². The summed E-state index contributed by atoms with van der Waals surface area (Å²) in [5, 5.41) is 19.8. The normalized spacial score (nSPS) is 19.4. The highest BCUT2D eigenvalue weighted by Crippen LogP contribution is 2.34. The molecular formula is C28H35N7O4. The van der Waals surface area contributed by atoms with Crippen molar-refractivity contribution in [2.45, 2.75) is 25.7 Å². The van der Waals surface area contributed by atoms with Crippen LogP contribution in [0.25, 0.3) is 16.9 Å². The Morgan fingerprint density at radius 3 is 2.49 bits per heavy atom. The molecule has 0 amide bonds. The zero-order valence-corrected chi connectivity index (χ0v) is 22.2. The van der Waals surface area contributed by atoms with Crippen molar-refractivity contribution in [3.05, 3.63) is 53.8 Å². The first-order chi connectivity index (χ1) is 19.1. The van der Waals surface area contributed by atoms with E-state index in [1.54, 1.807) is 12.5 Å². The van der Waals surface area contributed by atoms with Gasteiger partial charge in [-0.25, -0.2) is 9.97 Å². The number of benzene rings is 1. The molecule has 39 heavy (non-hydrogen) atoms. The van der Waals surface area contributed by atoms with Gasteiger partial charge in [0.15, 0.2) is 16.9 Å². The number of imidazole rings is 1. The van der Waals surface area contributed by atoms with Crippen molar-refractivity contribution in [2.24, 2.45) is 4.99 Å². The van der Waals surface area contributed by atoms with Gasteiger partial charge in [-0.1, -0.05) is 12.1 Å². The second-order valence-electron chi connectivity index (χ2n) is 9.82. The van der Waals surface area contributed by atoms with E-state index in [1.165, 1.54) is 6.33 Å². The van der Waals surface area contributed by atoms with Crippen LogP contribution in [0.1, 0.15) is 31.2 Å². The molecule has 2 N–H and O–H groups in total. The number of aliphatic imine (C=N–C) groups is 1. The van der Waals surface area contributed by atoms with Crippen LogP contribution in [0.4, 0.5) is 0 Å².